The first-order valence-electron chi connectivity index (χ1n) is 7.06. The fraction of sp³-hybridized carbons (Fsp3) is 0.786. The van der Waals surface area contributed by atoms with E-state index in [2.05, 4.69) is 24.3 Å². The van der Waals surface area contributed by atoms with Gasteiger partial charge in [0.15, 0.2) is 0 Å². The molecule has 0 amide bonds. The highest BCUT2D eigenvalue weighted by Gasteiger charge is 2.29. The van der Waals surface area contributed by atoms with Gasteiger partial charge < -0.3 is 10.4 Å². The summed E-state index contributed by atoms with van der Waals surface area (Å²) in [6.07, 6.45) is 9.23. The monoisotopic (exact) mass is 251 g/mol. The third-order valence-electron chi connectivity index (χ3n) is 4.20. The number of hydrogen-bond donors (Lipinski definition) is 2. The Bertz CT molecular complexity index is 344. The highest BCUT2D eigenvalue weighted by atomic mass is 16.3. The number of nitrogens with zero attached hydrogens (tertiary/aromatic N) is 2. The Balaban J connectivity index is 1.82. The van der Waals surface area contributed by atoms with Gasteiger partial charge in [0.2, 0.25) is 0 Å². The molecule has 1 aliphatic rings. The molecule has 0 unspecified atom stereocenters. The lowest BCUT2D eigenvalue weighted by molar-refractivity contribution is 0.00181. The summed E-state index contributed by atoms with van der Waals surface area (Å²) in [7, 11) is 0. The topological polar surface area (TPSA) is 50.1 Å². The van der Waals surface area contributed by atoms with E-state index >= 15 is 0 Å². The molecule has 2 rings (SSSR count). The zero-order valence-electron chi connectivity index (χ0n) is 11.5. The molecule has 1 heterocycles. The van der Waals surface area contributed by atoms with Gasteiger partial charge in [-0.3, -0.25) is 4.68 Å². The molecule has 1 aromatic heterocycles. The normalized spacial score (nSPS) is 22.6. The second kappa shape index (κ2) is 5.85. The van der Waals surface area contributed by atoms with Gasteiger partial charge in [-0.2, -0.15) is 5.10 Å². The van der Waals surface area contributed by atoms with Crippen molar-refractivity contribution in [1.29, 1.82) is 0 Å². The van der Waals surface area contributed by atoms with Crippen LogP contribution in [0.25, 0.3) is 0 Å². The highest BCUT2D eigenvalue weighted by molar-refractivity contribution is 4.88. The van der Waals surface area contributed by atoms with Gasteiger partial charge in [0.1, 0.15) is 0 Å². The molecule has 1 aliphatic carbocycles. The lowest BCUT2D eigenvalue weighted by atomic mass is 9.84. The van der Waals surface area contributed by atoms with Crippen molar-refractivity contribution in [1.82, 2.24) is 15.1 Å². The summed E-state index contributed by atoms with van der Waals surface area (Å²) in [6.45, 7) is 4.99. The van der Waals surface area contributed by atoms with E-state index in [0.29, 0.717) is 18.6 Å². The fourth-order valence-corrected chi connectivity index (χ4v) is 2.66. The van der Waals surface area contributed by atoms with Crippen LogP contribution in [-0.4, -0.2) is 33.1 Å². The predicted octanol–water partition coefficient (Wildman–Crippen LogP) is 2.12. The maximum atomic E-state index is 10.4. The molecule has 4 heteroatoms. The van der Waals surface area contributed by atoms with E-state index in [1.54, 1.807) is 6.20 Å². The predicted molar refractivity (Wildman–Crippen MR) is 72.4 cm³/mol. The molecule has 1 saturated carbocycles. The van der Waals surface area contributed by atoms with Crippen LogP contribution in [0.5, 0.6) is 0 Å². The molecule has 0 saturated heterocycles. The average Bonchev–Trinajstić information content (AvgIpc) is 2.90. The lowest BCUT2D eigenvalue weighted by Gasteiger charge is -2.34. The van der Waals surface area contributed by atoms with Crippen molar-refractivity contribution in [2.75, 3.05) is 6.54 Å². The molecule has 0 radical (unpaired) electrons. The molecule has 2 N–H and O–H groups in total. The molecule has 0 aromatic carbocycles. The van der Waals surface area contributed by atoms with Gasteiger partial charge in [-0.1, -0.05) is 19.3 Å². The number of rotatable bonds is 5. The van der Waals surface area contributed by atoms with Crippen molar-refractivity contribution in [3.05, 3.63) is 18.5 Å². The zero-order valence-corrected chi connectivity index (χ0v) is 11.5. The number of aromatic nitrogens is 2. The minimum atomic E-state index is -0.490. The zero-order chi connectivity index (χ0) is 13.0. The van der Waals surface area contributed by atoms with E-state index in [-0.39, 0.29) is 0 Å². The van der Waals surface area contributed by atoms with Crippen molar-refractivity contribution in [2.24, 2.45) is 0 Å². The number of hydrogen-bond acceptors (Lipinski definition) is 3. The van der Waals surface area contributed by atoms with E-state index in [1.165, 1.54) is 6.42 Å². The second-order valence-electron chi connectivity index (χ2n) is 5.68. The van der Waals surface area contributed by atoms with Gasteiger partial charge in [0, 0.05) is 25.0 Å². The van der Waals surface area contributed by atoms with Crippen molar-refractivity contribution in [3.8, 4) is 0 Å². The third-order valence-corrected chi connectivity index (χ3v) is 4.20. The van der Waals surface area contributed by atoms with E-state index in [1.807, 2.05) is 16.9 Å². The third kappa shape index (κ3) is 3.33. The van der Waals surface area contributed by atoms with Crippen molar-refractivity contribution in [3.63, 3.8) is 0 Å². The Kier molecular flexibility index (Phi) is 4.40. The number of aliphatic hydroxyl groups is 1. The van der Waals surface area contributed by atoms with Gasteiger partial charge in [-0.15, -0.1) is 0 Å². The standard InChI is InChI=1S/C14H25N3O/c1-12(13(2)17-10-6-9-16-17)15-11-14(18)7-4-3-5-8-14/h6,9-10,12-13,15,18H,3-5,7-8,11H2,1-2H3/t12-,13-/m0/s1. The van der Waals surface area contributed by atoms with Crippen LogP contribution < -0.4 is 5.32 Å². The summed E-state index contributed by atoms with van der Waals surface area (Å²) in [4.78, 5) is 0. The molecule has 0 spiro atoms. The van der Waals surface area contributed by atoms with E-state index in [0.717, 1.165) is 25.7 Å². The Morgan fingerprint density at radius 3 is 2.67 bits per heavy atom. The van der Waals surface area contributed by atoms with E-state index in [4.69, 9.17) is 0 Å². The van der Waals surface area contributed by atoms with Crippen LogP contribution in [0.15, 0.2) is 18.5 Å². The molecule has 18 heavy (non-hydrogen) atoms. The van der Waals surface area contributed by atoms with E-state index < -0.39 is 5.60 Å². The summed E-state index contributed by atoms with van der Waals surface area (Å²) < 4.78 is 1.96. The lowest BCUT2D eigenvalue weighted by Crippen LogP contribution is -2.46. The van der Waals surface area contributed by atoms with Crippen LogP contribution in [0.3, 0.4) is 0 Å². The van der Waals surface area contributed by atoms with E-state index in [9.17, 15) is 5.11 Å². The average molecular weight is 251 g/mol. The minimum Gasteiger partial charge on any atom is -0.389 e. The van der Waals surface area contributed by atoms with Crippen molar-refractivity contribution < 1.29 is 5.11 Å². The highest BCUT2D eigenvalue weighted by Crippen LogP contribution is 2.27. The molecular formula is C14H25N3O. The summed E-state index contributed by atoms with van der Waals surface area (Å²) in [5.74, 6) is 0. The van der Waals surface area contributed by atoms with Crippen LogP contribution in [0, 0.1) is 0 Å². The molecule has 102 valence electrons. The molecular weight excluding hydrogens is 226 g/mol. The van der Waals surface area contributed by atoms with Gasteiger partial charge >= 0.3 is 0 Å². The maximum absolute atomic E-state index is 10.4. The summed E-state index contributed by atoms with van der Waals surface area (Å²) in [5.41, 5.74) is -0.490. The van der Waals surface area contributed by atoms with Crippen LogP contribution in [0.1, 0.15) is 52.0 Å². The Labute approximate surface area is 109 Å². The first-order chi connectivity index (χ1) is 8.61. The van der Waals surface area contributed by atoms with Gasteiger partial charge in [-0.25, -0.2) is 0 Å². The Hall–Kier alpha value is -0.870. The first kappa shape index (κ1) is 13.6. The van der Waals surface area contributed by atoms with Gasteiger partial charge in [0.05, 0.1) is 11.6 Å². The maximum Gasteiger partial charge on any atom is 0.0771 e. The quantitative estimate of drug-likeness (QED) is 0.842. The van der Waals surface area contributed by atoms with Crippen molar-refractivity contribution in [2.45, 2.75) is 63.6 Å². The molecule has 1 aromatic rings. The van der Waals surface area contributed by atoms with Crippen LogP contribution in [-0.2, 0) is 0 Å². The molecule has 2 atom stereocenters. The smallest absolute Gasteiger partial charge is 0.0771 e. The Morgan fingerprint density at radius 2 is 2.06 bits per heavy atom. The fourth-order valence-electron chi connectivity index (χ4n) is 2.66. The van der Waals surface area contributed by atoms with Crippen LogP contribution in [0.4, 0.5) is 0 Å². The molecule has 1 fully saturated rings. The first-order valence-corrected chi connectivity index (χ1v) is 7.06. The Morgan fingerprint density at radius 1 is 1.33 bits per heavy atom. The SMILES string of the molecule is C[C@H](NCC1(O)CCCCC1)[C@H](C)n1cccn1. The van der Waals surface area contributed by atoms with Gasteiger partial charge in [-0.05, 0) is 32.8 Å². The molecule has 0 bridgehead atoms. The minimum absolute atomic E-state index is 0.298. The molecule has 4 nitrogen and oxygen atoms in total. The van der Waals surface area contributed by atoms with Crippen LogP contribution >= 0.6 is 0 Å². The van der Waals surface area contributed by atoms with Crippen molar-refractivity contribution >= 4 is 0 Å². The summed E-state index contributed by atoms with van der Waals surface area (Å²) in [6, 6.07) is 2.54. The largest absolute Gasteiger partial charge is 0.389 e. The van der Waals surface area contributed by atoms with Gasteiger partial charge in [0.25, 0.3) is 0 Å². The second-order valence-corrected chi connectivity index (χ2v) is 5.68. The molecule has 0 aliphatic heterocycles. The summed E-state index contributed by atoms with van der Waals surface area (Å²) >= 11 is 0. The van der Waals surface area contributed by atoms with Crippen LogP contribution in [0.2, 0.25) is 0 Å². The summed E-state index contributed by atoms with van der Waals surface area (Å²) in [5, 5.41) is 18.2. The number of nitrogens with one attached hydrogen (secondary N) is 1.